The Balaban J connectivity index is 1.57. The smallest absolute Gasteiger partial charge is 0.150 e. The molecule has 0 aliphatic carbocycles. The predicted octanol–water partition coefficient (Wildman–Crippen LogP) is 5.96. The first-order valence-corrected chi connectivity index (χ1v) is 11.1. The quantitative estimate of drug-likeness (QED) is 0.364. The van der Waals surface area contributed by atoms with E-state index in [1.807, 2.05) is 0 Å². The first-order chi connectivity index (χ1) is 15.8. The molecule has 0 saturated heterocycles. The molecule has 0 amide bonds. The summed E-state index contributed by atoms with van der Waals surface area (Å²) in [6, 6.07) is 27.9. The van der Waals surface area contributed by atoms with Gasteiger partial charge in [-0.1, -0.05) is 66.7 Å². The molecule has 0 atom stereocenters. The Morgan fingerprint density at radius 3 is 2.47 bits per heavy atom. The van der Waals surface area contributed by atoms with E-state index in [0.717, 1.165) is 47.6 Å². The highest BCUT2D eigenvalue weighted by Gasteiger charge is 2.23. The van der Waals surface area contributed by atoms with Gasteiger partial charge < -0.3 is 9.47 Å². The average molecular weight is 417 g/mol. The predicted molar refractivity (Wildman–Crippen MR) is 130 cm³/mol. The molecule has 1 aliphatic rings. The second-order valence-corrected chi connectivity index (χ2v) is 8.45. The lowest BCUT2D eigenvalue weighted by Crippen LogP contribution is -2.31. The Morgan fingerprint density at radius 1 is 0.812 bits per heavy atom. The van der Waals surface area contributed by atoms with E-state index in [2.05, 4.69) is 101 Å². The number of aromatic nitrogens is 3. The van der Waals surface area contributed by atoms with Gasteiger partial charge in [-0.2, -0.15) is 0 Å². The van der Waals surface area contributed by atoms with Crippen molar-refractivity contribution in [1.82, 2.24) is 14.5 Å². The topological polar surface area (TPSA) is 34.0 Å². The Hall–Kier alpha value is -3.92. The molecule has 156 valence electrons. The van der Waals surface area contributed by atoms with E-state index in [-0.39, 0.29) is 0 Å². The second kappa shape index (κ2) is 7.65. The minimum atomic E-state index is 0.867. The first kappa shape index (κ1) is 18.8. The Kier molecular flexibility index (Phi) is 4.50. The van der Waals surface area contributed by atoms with E-state index in [1.165, 1.54) is 22.3 Å². The van der Waals surface area contributed by atoms with Crippen molar-refractivity contribution < 1.29 is 0 Å². The highest BCUT2D eigenvalue weighted by Crippen LogP contribution is 2.38. The molecule has 4 nitrogen and oxygen atoms in total. The number of nitrogens with zero attached hydrogens (tertiary/aromatic N) is 4. The SMILES string of the molecule is Cc1cccc(-n2cc(-c3ccccc3)c3c(N4CCc5ccccc5C4)ncnc32)c1. The third-order valence-corrected chi connectivity index (χ3v) is 6.36. The Bertz CT molecular complexity index is 1420. The molecule has 0 unspecified atom stereocenters. The summed E-state index contributed by atoms with van der Waals surface area (Å²) in [5, 5.41) is 1.11. The van der Waals surface area contributed by atoms with Crippen LogP contribution in [0.3, 0.4) is 0 Å². The van der Waals surface area contributed by atoms with Gasteiger partial charge in [-0.15, -0.1) is 0 Å². The molecule has 0 radical (unpaired) electrons. The average Bonchev–Trinajstić information content (AvgIpc) is 3.24. The van der Waals surface area contributed by atoms with E-state index >= 15 is 0 Å². The van der Waals surface area contributed by atoms with Crippen LogP contribution in [0.15, 0.2) is 91.4 Å². The molecule has 6 rings (SSSR count). The third-order valence-electron chi connectivity index (χ3n) is 6.36. The van der Waals surface area contributed by atoms with Gasteiger partial charge in [0.05, 0.1) is 5.39 Å². The molecule has 0 N–H and O–H groups in total. The normalized spacial score (nSPS) is 13.3. The molecule has 0 bridgehead atoms. The maximum absolute atomic E-state index is 4.82. The van der Waals surface area contributed by atoms with E-state index in [1.54, 1.807) is 6.33 Å². The summed E-state index contributed by atoms with van der Waals surface area (Å²) >= 11 is 0. The van der Waals surface area contributed by atoms with Gasteiger partial charge in [0.15, 0.2) is 5.65 Å². The number of benzene rings is 3. The van der Waals surface area contributed by atoms with Crippen molar-refractivity contribution in [3.8, 4) is 16.8 Å². The summed E-state index contributed by atoms with van der Waals surface area (Å²) in [6.45, 7) is 3.94. The number of aryl methyl sites for hydroxylation is 1. The van der Waals surface area contributed by atoms with Gasteiger partial charge in [0, 0.05) is 30.5 Å². The van der Waals surface area contributed by atoms with Crippen LogP contribution in [-0.4, -0.2) is 21.1 Å². The lowest BCUT2D eigenvalue weighted by atomic mass is 9.99. The van der Waals surface area contributed by atoms with Gasteiger partial charge in [-0.3, -0.25) is 0 Å². The summed E-state index contributed by atoms with van der Waals surface area (Å²) in [5.74, 6) is 1.01. The number of fused-ring (bicyclic) bond motifs is 2. The fourth-order valence-corrected chi connectivity index (χ4v) is 4.77. The summed E-state index contributed by atoms with van der Waals surface area (Å²) in [7, 11) is 0. The van der Waals surface area contributed by atoms with Crippen LogP contribution >= 0.6 is 0 Å². The molecular weight excluding hydrogens is 392 g/mol. The Morgan fingerprint density at radius 2 is 1.62 bits per heavy atom. The molecular formula is C28H24N4. The minimum absolute atomic E-state index is 0.867. The lowest BCUT2D eigenvalue weighted by molar-refractivity contribution is 0.723. The molecule has 0 fully saturated rings. The molecule has 0 spiro atoms. The zero-order chi connectivity index (χ0) is 21.5. The summed E-state index contributed by atoms with van der Waals surface area (Å²) < 4.78 is 2.20. The van der Waals surface area contributed by atoms with Crippen molar-refractivity contribution >= 4 is 16.9 Å². The van der Waals surface area contributed by atoms with Gasteiger partial charge in [0.1, 0.15) is 12.1 Å². The van der Waals surface area contributed by atoms with E-state index < -0.39 is 0 Å². The van der Waals surface area contributed by atoms with Crippen molar-refractivity contribution in [3.05, 3.63) is 108 Å². The molecule has 4 heteroatoms. The molecule has 32 heavy (non-hydrogen) atoms. The number of hydrogen-bond donors (Lipinski definition) is 0. The number of hydrogen-bond acceptors (Lipinski definition) is 3. The fraction of sp³-hybridized carbons (Fsp3) is 0.143. The minimum Gasteiger partial charge on any atom is -0.351 e. The summed E-state index contributed by atoms with van der Waals surface area (Å²) in [6.07, 6.45) is 4.95. The molecule has 5 aromatic rings. The van der Waals surface area contributed by atoms with Crippen molar-refractivity contribution in [2.45, 2.75) is 19.9 Å². The largest absolute Gasteiger partial charge is 0.351 e. The van der Waals surface area contributed by atoms with Gasteiger partial charge in [-0.05, 0) is 47.7 Å². The van der Waals surface area contributed by atoms with Crippen LogP contribution in [0.4, 0.5) is 5.82 Å². The zero-order valence-electron chi connectivity index (χ0n) is 18.1. The van der Waals surface area contributed by atoms with Crippen LogP contribution in [0.1, 0.15) is 16.7 Å². The van der Waals surface area contributed by atoms with Crippen LogP contribution in [-0.2, 0) is 13.0 Å². The van der Waals surface area contributed by atoms with Gasteiger partial charge in [0.2, 0.25) is 0 Å². The maximum atomic E-state index is 4.82. The van der Waals surface area contributed by atoms with Crippen LogP contribution in [0.2, 0.25) is 0 Å². The number of anilines is 1. The van der Waals surface area contributed by atoms with Crippen molar-refractivity contribution in [3.63, 3.8) is 0 Å². The molecule has 1 aliphatic heterocycles. The van der Waals surface area contributed by atoms with Gasteiger partial charge in [0.25, 0.3) is 0 Å². The zero-order valence-corrected chi connectivity index (χ0v) is 18.1. The van der Waals surface area contributed by atoms with Crippen molar-refractivity contribution in [1.29, 1.82) is 0 Å². The van der Waals surface area contributed by atoms with E-state index in [9.17, 15) is 0 Å². The molecule has 2 aromatic heterocycles. The molecule has 3 aromatic carbocycles. The van der Waals surface area contributed by atoms with Gasteiger partial charge >= 0.3 is 0 Å². The third kappa shape index (κ3) is 3.16. The Labute approximate surface area is 187 Å². The van der Waals surface area contributed by atoms with Crippen molar-refractivity contribution in [2.75, 3.05) is 11.4 Å². The standard InChI is InChI=1S/C28H24N4/c1-20-8-7-13-24(16-20)32-18-25(22-10-3-2-4-11-22)26-27(29-19-30-28(26)32)31-15-14-21-9-5-6-12-23(21)17-31/h2-13,16,18-19H,14-15,17H2,1H3. The fourth-order valence-electron chi connectivity index (χ4n) is 4.77. The summed E-state index contributed by atoms with van der Waals surface area (Å²) in [4.78, 5) is 12.0. The summed E-state index contributed by atoms with van der Waals surface area (Å²) in [5.41, 5.74) is 8.45. The molecule has 3 heterocycles. The highest BCUT2D eigenvalue weighted by molar-refractivity contribution is 6.02. The second-order valence-electron chi connectivity index (χ2n) is 8.45. The monoisotopic (exact) mass is 416 g/mol. The van der Waals surface area contributed by atoms with Crippen LogP contribution in [0.25, 0.3) is 27.8 Å². The maximum Gasteiger partial charge on any atom is 0.150 e. The lowest BCUT2D eigenvalue weighted by Gasteiger charge is -2.30. The van der Waals surface area contributed by atoms with Crippen molar-refractivity contribution in [2.24, 2.45) is 0 Å². The van der Waals surface area contributed by atoms with E-state index in [0.29, 0.717) is 0 Å². The van der Waals surface area contributed by atoms with Crippen LogP contribution < -0.4 is 4.90 Å². The first-order valence-electron chi connectivity index (χ1n) is 11.1. The highest BCUT2D eigenvalue weighted by atomic mass is 15.2. The molecule has 0 saturated carbocycles. The van der Waals surface area contributed by atoms with E-state index in [4.69, 9.17) is 9.97 Å². The van der Waals surface area contributed by atoms with Gasteiger partial charge in [-0.25, -0.2) is 9.97 Å². The van der Waals surface area contributed by atoms with Crippen LogP contribution in [0.5, 0.6) is 0 Å². The van der Waals surface area contributed by atoms with Crippen LogP contribution in [0, 0.1) is 6.92 Å². The number of rotatable bonds is 3.